The molecule has 1 fully saturated rings. The highest BCUT2D eigenvalue weighted by atomic mass is 35.5. The van der Waals surface area contributed by atoms with Gasteiger partial charge in [-0.2, -0.15) is 18.4 Å². The lowest BCUT2D eigenvalue weighted by molar-refractivity contribution is -0.137. The molecule has 144 valence electrons. The summed E-state index contributed by atoms with van der Waals surface area (Å²) in [6.45, 7) is 3.84. The van der Waals surface area contributed by atoms with Crippen LogP contribution in [0.15, 0.2) is 18.2 Å². The normalized spacial score (nSPS) is 23.3. The Balaban J connectivity index is 2.40. The van der Waals surface area contributed by atoms with E-state index in [0.717, 1.165) is 17.0 Å². The van der Waals surface area contributed by atoms with E-state index < -0.39 is 35.4 Å². The van der Waals surface area contributed by atoms with Crippen LogP contribution in [0.5, 0.6) is 0 Å². The van der Waals surface area contributed by atoms with Crippen molar-refractivity contribution in [2.75, 3.05) is 17.3 Å². The summed E-state index contributed by atoms with van der Waals surface area (Å²) in [6, 6.07) is 4.63. The van der Waals surface area contributed by atoms with E-state index in [1.54, 1.807) is 18.7 Å². The van der Waals surface area contributed by atoms with E-state index in [9.17, 15) is 23.4 Å². The summed E-state index contributed by atoms with van der Waals surface area (Å²) in [4.78, 5) is 2.74. The van der Waals surface area contributed by atoms with Crippen molar-refractivity contribution in [2.45, 2.75) is 51.0 Å². The third-order valence-corrected chi connectivity index (χ3v) is 4.94. The van der Waals surface area contributed by atoms with Crippen LogP contribution in [-0.4, -0.2) is 45.7 Å². The van der Waals surface area contributed by atoms with Crippen LogP contribution >= 0.6 is 11.6 Å². The molecule has 0 aromatic heterocycles. The number of nitriles is 1. The molecule has 2 unspecified atom stereocenters. The first-order valence-corrected chi connectivity index (χ1v) is 8.67. The van der Waals surface area contributed by atoms with Gasteiger partial charge >= 0.3 is 6.18 Å². The second kappa shape index (κ2) is 7.61. The molecular formula is C17H21ClF3N3O2. The molecule has 1 aromatic carbocycles. The first-order valence-electron chi connectivity index (χ1n) is 8.14. The molecule has 0 bridgehead atoms. The van der Waals surface area contributed by atoms with Crippen molar-refractivity contribution < 1.29 is 23.4 Å². The maximum absolute atomic E-state index is 13.2. The minimum absolute atomic E-state index is 0.00996. The summed E-state index contributed by atoms with van der Waals surface area (Å²) in [5.74, 6) is 0.460. The predicted octanol–water partition coefficient (Wildman–Crippen LogP) is 3.09. The number of nitrogens with zero attached hydrogens (tertiary/aromatic N) is 3. The monoisotopic (exact) mass is 391 g/mol. The second-order valence-electron chi connectivity index (χ2n) is 6.71. The van der Waals surface area contributed by atoms with E-state index in [2.05, 4.69) is 0 Å². The number of hydrogen-bond acceptors (Lipinski definition) is 5. The van der Waals surface area contributed by atoms with Gasteiger partial charge in [0, 0.05) is 18.1 Å². The zero-order valence-electron chi connectivity index (χ0n) is 14.5. The zero-order chi connectivity index (χ0) is 19.7. The van der Waals surface area contributed by atoms with Crippen LogP contribution in [0, 0.1) is 11.3 Å². The lowest BCUT2D eigenvalue weighted by Gasteiger charge is -2.32. The maximum Gasteiger partial charge on any atom is 0.417 e. The molecule has 2 atom stereocenters. The van der Waals surface area contributed by atoms with Gasteiger partial charge in [-0.1, -0.05) is 0 Å². The van der Waals surface area contributed by atoms with Crippen LogP contribution in [-0.2, 0) is 6.18 Å². The van der Waals surface area contributed by atoms with Crippen LogP contribution < -0.4 is 4.90 Å². The smallest absolute Gasteiger partial charge is 0.372 e. The van der Waals surface area contributed by atoms with E-state index in [-0.39, 0.29) is 5.69 Å². The Kier molecular flexibility index (Phi) is 6.08. The van der Waals surface area contributed by atoms with E-state index in [0.29, 0.717) is 25.3 Å². The standard InChI is InChI=1S/C17H21ClF3N3O2/c1-16(2)14(25)24(15(26)23(16)8-4-3-7-18)12-6-5-11(10-22)13(9-12)17(19,20)21/h5-6,9,14-15,25-26H,3-4,7-8H2,1-2H3. The SMILES string of the molecule is CC1(C)C(O)N(c2ccc(C#N)c(C(F)(F)F)c2)C(O)N1CCCCCl. The average molecular weight is 392 g/mol. The Labute approximate surface area is 155 Å². The Bertz CT molecular complexity index is 691. The van der Waals surface area contributed by atoms with E-state index in [1.165, 1.54) is 12.1 Å². The number of anilines is 1. The number of aliphatic hydroxyl groups excluding tert-OH is 2. The van der Waals surface area contributed by atoms with Crippen molar-refractivity contribution in [3.05, 3.63) is 29.3 Å². The van der Waals surface area contributed by atoms with Gasteiger partial charge in [-0.25, -0.2) is 0 Å². The van der Waals surface area contributed by atoms with Crippen LogP contribution in [0.3, 0.4) is 0 Å². The molecule has 26 heavy (non-hydrogen) atoms. The molecule has 0 saturated carbocycles. The van der Waals surface area contributed by atoms with Crippen molar-refractivity contribution in [1.82, 2.24) is 4.90 Å². The molecule has 0 spiro atoms. The first-order chi connectivity index (χ1) is 12.1. The van der Waals surface area contributed by atoms with E-state index >= 15 is 0 Å². The van der Waals surface area contributed by atoms with Gasteiger partial charge in [0.2, 0.25) is 0 Å². The van der Waals surface area contributed by atoms with Crippen LogP contribution in [0.2, 0.25) is 0 Å². The number of aliphatic hydroxyl groups is 2. The third-order valence-electron chi connectivity index (χ3n) is 4.67. The number of alkyl halides is 4. The molecule has 9 heteroatoms. The molecule has 1 heterocycles. The number of unbranched alkanes of at least 4 members (excludes halogenated alkanes) is 1. The quantitative estimate of drug-likeness (QED) is 0.596. The molecule has 1 aromatic rings. The Morgan fingerprint density at radius 1 is 1.27 bits per heavy atom. The highest BCUT2D eigenvalue weighted by Gasteiger charge is 2.51. The summed E-state index contributed by atoms with van der Waals surface area (Å²) < 4.78 is 39.6. The van der Waals surface area contributed by atoms with Gasteiger partial charge in [0.1, 0.15) is 6.23 Å². The number of hydrogen-bond donors (Lipinski definition) is 2. The van der Waals surface area contributed by atoms with Gasteiger partial charge in [0.15, 0.2) is 6.35 Å². The lowest BCUT2D eigenvalue weighted by Crippen LogP contribution is -2.47. The number of halogens is 4. The molecular weight excluding hydrogens is 371 g/mol. The molecule has 2 N–H and O–H groups in total. The Morgan fingerprint density at radius 3 is 2.46 bits per heavy atom. The molecule has 1 aliphatic heterocycles. The van der Waals surface area contributed by atoms with Gasteiger partial charge in [-0.15, -0.1) is 11.6 Å². The van der Waals surface area contributed by atoms with Gasteiger partial charge < -0.3 is 15.1 Å². The summed E-state index contributed by atoms with van der Waals surface area (Å²) in [5, 5.41) is 30.2. The van der Waals surface area contributed by atoms with Gasteiger partial charge in [0.25, 0.3) is 0 Å². The van der Waals surface area contributed by atoms with Crippen molar-refractivity contribution in [2.24, 2.45) is 0 Å². The fourth-order valence-electron chi connectivity index (χ4n) is 3.14. The third kappa shape index (κ3) is 3.76. The lowest BCUT2D eigenvalue weighted by atomic mass is 10.0. The molecule has 0 aliphatic carbocycles. The minimum Gasteiger partial charge on any atom is -0.372 e. The molecule has 2 rings (SSSR count). The highest BCUT2D eigenvalue weighted by molar-refractivity contribution is 6.17. The topological polar surface area (TPSA) is 70.7 Å². The average Bonchev–Trinajstić information content (AvgIpc) is 2.73. The van der Waals surface area contributed by atoms with Crippen molar-refractivity contribution >= 4 is 17.3 Å². The predicted molar refractivity (Wildman–Crippen MR) is 91.4 cm³/mol. The highest BCUT2D eigenvalue weighted by Crippen LogP contribution is 2.40. The van der Waals surface area contributed by atoms with Gasteiger partial charge in [-0.05, 0) is 44.9 Å². The fourth-order valence-corrected chi connectivity index (χ4v) is 3.33. The minimum atomic E-state index is -4.72. The number of benzene rings is 1. The summed E-state index contributed by atoms with van der Waals surface area (Å²) in [6.07, 6.45) is -5.86. The summed E-state index contributed by atoms with van der Waals surface area (Å²) in [7, 11) is 0. The molecule has 0 radical (unpaired) electrons. The van der Waals surface area contributed by atoms with Gasteiger partial charge in [-0.3, -0.25) is 4.90 Å². The first kappa shape index (κ1) is 20.8. The molecule has 1 aliphatic rings. The largest absolute Gasteiger partial charge is 0.417 e. The summed E-state index contributed by atoms with van der Waals surface area (Å²) >= 11 is 5.66. The van der Waals surface area contributed by atoms with Crippen LogP contribution in [0.4, 0.5) is 18.9 Å². The van der Waals surface area contributed by atoms with E-state index in [1.807, 2.05) is 0 Å². The van der Waals surface area contributed by atoms with Crippen LogP contribution in [0.25, 0.3) is 0 Å². The van der Waals surface area contributed by atoms with E-state index in [4.69, 9.17) is 16.9 Å². The second-order valence-corrected chi connectivity index (χ2v) is 7.09. The van der Waals surface area contributed by atoms with Crippen molar-refractivity contribution in [3.63, 3.8) is 0 Å². The maximum atomic E-state index is 13.2. The van der Waals surface area contributed by atoms with Gasteiger partial charge in [0.05, 0.1) is 22.7 Å². The Morgan fingerprint density at radius 2 is 1.92 bits per heavy atom. The van der Waals surface area contributed by atoms with Crippen molar-refractivity contribution in [3.8, 4) is 6.07 Å². The summed E-state index contributed by atoms with van der Waals surface area (Å²) in [5.41, 5.74) is -2.51. The molecule has 0 amide bonds. The Hall–Kier alpha value is -1.53. The molecule has 5 nitrogen and oxygen atoms in total. The van der Waals surface area contributed by atoms with Crippen LogP contribution in [0.1, 0.15) is 37.8 Å². The fraction of sp³-hybridized carbons (Fsp3) is 0.588. The zero-order valence-corrected chi connectivity index (χ0v) is 15.2. The molecule has 1 saturated heterocycles. The number of rotatable bonds is 5. The van der Waals surface area contributed by atoms with Crippen molar-refractivity contribution in [1.29, 1.82) is 5.26 Å².